The Bertz CT molecular complexity index is 434. The molecule has 0 aliphatic carbocycles. The number of hydrogen-bond donors (Lipinski definition) is 2. The van der Waals surface area contributed by atoms with Crippen LogP contribution in [-0.4, -0.2) is 32.0 Å². The summed E-state index contributed by atoms with van der Waals surface area (Å²) in [5, 5.41) is 8.05. The molecular weight excluding hydrogens is 246 g/mol. The summed E-state index contributed by atoms with van der Waals surface area (Å²) in [6.07, 6.45) is 4.50. The fourth-order valence-corrected chi connectivity index (χ4v) is 2.27. The van der Waals surface area contributed by atoms with Crippen LogP contribution in [0.15, 0.2) is 23.2 Å². The highest BCUT2D eigenvalue weighted by Crippen LogP contribution is 2.15. The van der Waals surface area contributed by atoms with Crippen molar-refractivity contribution in [1.29, 1.82) is 0 Å². The van der Waals surface area contributed by atoms with Crippen LogP contribution in [-0.2, 0) is 10.0 Å². The molecule has 0 radical (unpaired) electrons. The summed E-state index contributed by atoms with van der Waals surface area (Å²) in [6, 6.07) is 2.99. The van der Waals surface area contributed by atoms with Crippen molar-refractivity contribution < 1.29 is 8.42 Å². The number of aromatic nitrogens is 1. The molecule has 1 rings (SSSR count). The molecule has 0 amide bonds. The van der Waals surface area contributed by atoms with Crippen molar-refractivity contribution >= 4 is 27.6 Å². The van der Waals surface area contributed by atoms with E-state index in [4.69, 9.17) is 5.14 Å². The number of hydrogen-bond acceptors (Lipinski definition) is 5. The van der Waals surface area contributed by atoms with Gasteiger partial charge in [0.1, 0.15) is 10.7 Å². The van der Waals surface area contributed by atoms with Crippen molar-refractivity contribution in [3.63, 3.8) is 0 Å². The molecule has 3 N–H and O–H groups in total. The largest absolute Gasteiger partial charge is 0.369 e. The molecule has 0 saturated carbocycles. The maximum absolute atomic E-state index is 11.2. The Labute approximate surface area is 99.9 Å². The highest BCUT2D eigenvalue weighted by molar-refractivity contribution is 7.98. The standard InChI is InChI=1S/C9H15N3O2S2/c1-15-7-3-6-12-9-8(16(10,13)14)4-2-5-11-9/h2,4-5H,3,6-7H2,1H3,(H,11,12)(H2,10,13,14). The minimum Gasteiger partial charge on any atom is -0.369 e. The number of rotatable bonds is 6. The zero-order valence-electron chi connectivity index (χ0n) is 9.01. The van der Waals surface area contributed by atoms with Crippen molar-refractivity contribution in [3.05, 3.63) is 18.3 Å². The van der Waals surface area contributed by atoms with Crippen LogP contribution in [0.3, 0.4) is 0 Å². The predicted octanol–water partition coefficient (Wildman–Crippen LogP) is 0.894. The molecule has 0 fully saturated rings. The van der Waals surface area contributed by atoms with Crippen molar-refractivity contribution in [2.45, 2.75) is 11.3 Å². The number of nitrogens with zero attached hydrogens (tertiary/aromatic N) is 1. The van der Waals surface area contributed by atoms with Crippen molar-refractivity contribution in [1.82, 2.24) is 4.98 Å². The molecule has 16 heavy (non-hydrogen) atoms. The third-order valence-electron chi connectivity index (χ3n) is 1.89. The van der Waals surface area contributed by atoms with Crippen molar-refractivity contribution in [2.24, 2.45) is 5.14 Å². The smallest absolute Gasteiger partial charge is 0.241 e. The Balaban J connectivity index is 2.73. The summed E-state index contributed by atoms with van der Waals surface area (Å²) in [6.45, 7) is 0.681. The zero-order valence-corrected chi connectivity index (χ0v) is 10.6. The highest BCUT2D eigenvalue weighted by atomic mass is 32.2. The average Bonchev–Trinajstić information content (AvgIpc) is 2.24. The maximum atomic E-state index is 11.2. The molecule has 0 bridgehead atoms. The zero-order chi connectivity index (χ0) is 12.0. The first-order valence-corrected chi connectivity index (χ1v) is 7.70. The number of nitrogens with two attached hydrogens (primary N) is 1. The van der Waals surface area contributed by atoms with Crippen molar-refractivity contribution in [3.8, 4) is 0 Å². The van der Waals surface area contributed by atoms with Gasteiger partial charge in [-0.1, -0.05) is 0 Å². The molecule has 0 saturated heterocycles. The van der Waals surface area contributed by atoms with E-state index in [9.17, 15) is 8.42 Å². The molecule has 0 spiro atoms. The van der Waals surface area contributed by atoms with Crippen LogP contribution in [0.4, 0.5) is 5.82 Å². The molecule has 90 valence electrons. The molecule has 0 aromatic carbocycles. The van der Waals surface area contributed by atoms with E-state index in [1.807, 2.05) is 6.26 Å². The predicted molar refractivity (Wildman–Crippen MR) is 67.1 cm³/mol. The molecule has 0 unspecified atom stereocenters. The summed E-state index contributed by atoms with van der Waals surface area (Å²) in [5.74, 6) is 1.34. The van der Waals surface area contributed by atoms with E-state index in [-0.39, 0.29) is 4.90 Å². The summed E-state index contributed by atoms with van der Waals surface area (Å²) in [7, 11) is -3.71. The summed E-state index contributed by atoms with van der Waals surface area (Å²) in [5.41, 5.74) is 0. The van der Waals surface area contributed by atoms with E-state index in [1.165, 1.54) is 12.3 Å². The highest BCUT2D eigenvalue weighted by Gasteiger charge is 2.13. The Morgan fingerprint density at radius 1 is 1.56 bits per heavy atom. The van der Waals surface area contributed by atoms with E-state index in [0.29, 0.717) is 12.4 Å². The van der Waals surface area contributed by atoms with E-state index in [1.54, 1.807) is 17.8 Å². The molecule has 5 nitrogen and oxygen atoms in total. The Kier molecular flexibility index (Phi) is 5.04. The fraction of sp³-hybridized carbons (Fsp3) is 0.444. The van der Waals surface area contributed by atoms with Gasteiger partial charge in [-0.05, 0) is 30.6 Å². The number of anilines is 1. The molecule has 1 aromatic rings. The molecule has 0 aliphatic rings. The summed E-state index contributed by atoms with van der Waals surface area (Å²) in [4.78, 5) is 4.01. The first-order chi connectivity index (χ1) is 7.55. The third-order valence-corrected chi connectivity index (χ3v) is 3.53. The van der Waals surface area contributed by atoms with Crippen LogP contribution >= 0.6 is 11.8 Å². The fourth-order valence-electron chi connectivity index (χ4n) is 1.18. The van der Waals surface area contributed by atoms with Gasteiger partial charge in [-0.25, -0.2) is 18.5 Å². The normalized spacial score (nSPS) is 11.4. The Morgan fingerprint density at radius 3 is 2.94 bits per heavy atom. The molecule has 1 heterocycles. The number of sulfonamides is 1. The Hall–Kier alpha value is -0.790. The van der Waals surface area contributed by atoms with Crippen LogP contribution in [0.2, 0.25) is 0 Å². The van der Waals surface area contributed by atoms with Crippen LogP contribution in [0.25, 0.3) is 0 Å². The van der Waals surface area contributed by atoms with E-state index < -0.39 is 10.0 Å². The topological polar surface area (TPSA) is 85.1 Å². The minimum absolute atomic E-state index is 0.0409. The van der Waals surface area contributed by atoms with Crippen LogP contribution < -0.4 is 10.5 Å². The summed E-state index contributed by atoms with van der Waals surface area (Å²) < 4.78 is 22.5. The van der Waals surface area contributed by atoms with Gasteiger partial charge in [0, 0.05) is 12.7 Å². The Morgan fingerprint density at radius 2 is 2.31 bits per heavy atom. The maximum Gasteiger partial charge on any atom is 0.241 e. The van der Waals surface area contributed by atoms with Crippen molar-refractivity contribution in [2.75, 3.05) is 23.9 Å². The lowest BCUT2D eigenvalue weighted by molar-refractivity contribution is 0.597. The second-order valence-corrected chi connectivity index (χ2v) is 5.68. The molecule has 0 atom stereocenters. The van der Waals surface area contributed by atoms with Gasteiger partial charge in [0.2, 0.25) is 10.0 Å². The molecule has 0 aliphatic heterocycles. The van der Waals surface area contributed by atoms with Gasteiger partial charge >= 0.3 is 0 Å². The van der Waals surface area contributed by atoms with Gasteiger partial charge in [0.15, 0.2) is 0 Å². The number of pyridine rings is 1. The lowest BCUT2D eigenvalue weighted by Crippen LogP contribution is -2.16. The first-order valence-electron chi connectivity index (χ1n) is 4.76. The van der Waals surface area contributed by atoms with Gasteiger partial charge in [0.05, 0.1) is 0 Å². The van der Waals surface area contributed by atoms with Gasteiger partial charge in [-0.3, -0.25) is 0 Å². The number of primary sulfonamides is 1. The second-order valence-electron chi connectivity index (χ2n) is 3.17. The van der Waals surface area contributed by atoms with Crippen LogP contribution in [0.5, 0.6) is 0 Å². The van der Waals surface area contributed by atoms with Gasteiger partial charge < -0.3 is 5.32 Å². The molecule has 7 heteroatoms. The second kappa shape index (κ2) is 6.07. The average molecular weight is 261 g/mol. The van der Waals surface area contributed by atoms with Gasteiger partial charge in [-0.2, -0.15) is 11.8 Å². The van der Waals surface area contributed by atoms with E-state index >= 15 is 0 Å². The minimum atomic E-state index is -3.71. The summed E-state index contributed by atoms with van der Waals surface area (Å²) >= 11 is 1.74. The molecular formula is C9H15N3O2S2. The molecule has 1 aromatic heterocycles. The van der Waals surface area contributed by atoms with Gasteiger partial charge in [-0.15, -0.1) is 0 Å². The lowest BCUT2D eigenvalue weighted by atomic mass is 10.4. The van der Waals surface area contributed by atoms with E-state index in [0.717, 1.165) is 12.2 Å². The number of nitrogens with one attached hydrogen (secondary N) is 1. The SMILES string of the molecule is CSCCCNc1ncccc1S(N)(=O)=O. The first kappa shape index (κ1) is 13.3. The number of thioether (sulfide) groups is 1. The van der Waals surface area contributed by atoms with Crippen LogP contribution in [0, 0.1) is 0 Å². The van der Waals surface area contributed by atoms with E-state index in [2.05, 4.69) is 10.3 Å². The lowest BCUT2D eigenvalue weighted by Gasteiger charge is -2.08. The van der Waals surface area contributed by atoms with Crippen LogP contribution in [0.1, 0.15) is 6.42 Å². The monoisotopic (exact) mass is 261 g/mol. The third kappa shape index (κ3) is 3.99. The van der Waals surface area contributed by atoms with Gasteiger partial charge in [0.25, 0.3) is 0 Å². The quantitative estimate of drug-likeness (QED) is 0.743.